The first-order valence-corrected chi connectivity index (χ1v) is 5.03. The van der Waals surface area contributed by atoms with Gasteiger partial charge in [0.05, 0.1) is 17.5 Å². The third-order valence-electron chi connectivity index (χ3n) is 3.19. The second-order valence-electron chi connectivity index (χ2n) is 4.16. The van der Waals surface area contributed by atoms with Gasteiger partial charge in [0.1, 0.15) is 5.75 Å². The van der Waals surface area contributed by atoms with Crippen molar-refractivity contribution in [1.82, 2.24) is 0 Å². The molecule has 16 heavy (non-hydrogen) atoms. The number of phenols is 1. The van der Waals surface area contributed by atoms with Gasteiger partial charge in [-0.3, -0.25) is 9.59 Å². The molecule has 2 unspecified atom stereocenters. The van der Waals surface area contributed by atoms with Crippen LogP contribution in [0.25, 0.3) is 0 Å². The van der Waals surface area contributed by atoms with Crippen LogP contribution in [0.3, 0.4) is 0 Å². The van der Waals surface area contributed by atoms with E-state index < -0.39 is 0 Å². The normalized spacial score (nSPS) is 31.8. The summed E-state index contributed by atoms with van der Waals surface area (Å²) >= 11 is 0. The van der Waals surface area contributed by atoms with Crippen LogP contribution in [0.1, 0.15) is 0 Å². The maximum Gasteiger partial charge on any atom is 0.239 e. The third-order valence-corrected chi connectivity index (χ3v) is 3.19. The Bertz CT molecular complexity index is 461. The van der Waals surface area contributed by atoms with E-state index in [4.69, 9.17) is 10.8 Å². The van der Waals surface area contributed by atoms with Gasteiger partial charge >= 0.3 is 0 Å². The lowest BCUT2D eigenvalue weighted by atomic mass is 10.2. The number of imide groups is 1. The average Bonchev–Trinajstić information content (AvgIpc) is 2.84. The highest BCUT2D eigenvalue weighted by Gasteiger charge is 2.66. The minimum absolute atomic E-state index is 0.102. The maximum absolute atomic E-state index is 11.8. The minimum Gasteiger partial charge on any atom is -0.508 e. The van der Waals surface area contributed by atoms with Gasteiger partial charge in [-0.25, -0.2) is 4.90 Å². The van der Waals surface area contributed by atoms with Crippen LogP contribution in [0.5, 0.6) is 5.75 Å². The second kappa shape index (κ2) is 2.82. The molecule has 0 bridgehead atoms. The number of fused-ring (bicyclic) bond motifs is 1. The van der Waals surface area contributed by atoms with Crippen molar-refractivity contribution < 1.29 is 14.7 Å². The summed E-state index contributed by atoms with van der Waals surface area (Å²) in [5.41, 5.74) is 6.10. The first kappa shape index (κ1) is 9.35. The summed E-state index contributed by atoms with van der Waals surface area (Å²) in [6.45, 7) is 0. The number of phenolic OH excluding ortho intramolecular Hbond substituents is 1. The van der Waals surface area contributed by atoms with Crippen molar-refractivity contribution in [3.63, 3.8) is 0 Å². The predicted octanol–water partition coefficient (Wildman–Crippen LogP) is -0.161. The molecule has 1 heterocycles. The van der Waals surface area contributed by atoms with E-state index in [-0.39, 0.29) is 35.4 Å². The molecule has 2 fully saturated rings. The van der Waals surface area contributed by atoms with Crippen molar-refractivity contribution in [2.24, 2.45) is 17.6 Å². The number of hydrogen-bond donors (Lipinski definition) is 2. The van der Waals surface area contributed by atoms with Gasteiger partial charge in [0.15, 0.2) is 0 Å². The molecule has 2 atom stereocenters. The van der Waals surface area contributed by atoms with Crippen LogP contribution in [0.2, 0.25) is 0 Å². The number of amides is 2. The zero-order chi connectivity index (χ0) is 11.4. The molecule has 0 aromatic heterocycles. The van der Waals surface area contributed by atoms with E-state index in [0.29, 0.717) is 5.69 Å². The number of anilines is 1. The minimum atomic E-state index is -0.332. The standard InChI is InChI=1S/C11H10N2O3/c12-9-7-8(9)11(16)13(10(7)15)5-1-3-6(14)4-2-5/h1-4,7-9,14H,12H2. The molecule has 1 aromatic rings. The Balaban J connectivity index is 1.95. The van der Waals surface area contributed by atoms with Gasteiger partial charge in [0.2, 0.25) is 11.8 Å². The summed E-state index contributed by atoms with van der Waals surface area (Å²) in [5, 5.41) is 9.13. The number of aromatic hydroxyl groups is 1. The molecule has 1 saturated carbocycles. The fourth-order valence-corrected chi connectivity index (χ4v) is 2.23. The summed E-state index contributed by atoms with van der Waals surface area (Å²) in [7, 11) is 0. The van der Waals surface area contributed by atoms with Gasteiger partial charge in [-0.05, 0) is 24.3 Å². The van der Waals surface area contributed by atoms with Crippen LogP contribution in [-0.4, -0.2) is 23.0 Å². The van der Waals surface area contributed by atoms with Gasteiger partial charge in [-0.1, -0.05) is 0 Å². The number of piperidine rings is 1. The molecule has 0 radical (unpaired) electrons. The van der Waals surface area contributed by atoms with Crippen LogP contribution in [0.15, 0.2) is 24.3 Å². The van der Waals surface area contributed by atoms with E-state index in [2.05, 4.69) is 0 Å². The fraction of sp³-hybridized carbons (Fsp3) is 0.273. The van der Waals surface area contributed by atoms with Gasteiger partial charge in [0.25, 0.3) is 0 Å². The average molecular weight is 218 g/mol. The Kier molecular flexibility index (Phi) is 1.65. The molecule has 5 nitrogen and oxygen atoms in total. The first-order chi connectivity index (χ1) is 7.61. The molecule has 5 heteroatoms. The molecule has 2 aliphatic rings. The SMILES string of the molecule is NC1C2C(=O)N(c3ccc(O)cc3)C(=O)C12. The lowest BCUT2D eigenvalue weighted by Crippen LogP contribution is -2.37. The Morgan fingerprint density at radius 1 is 1.06 bits per heavy atom. The van der Waals surface area contributed by atoms with Gasteiger partial charge in [-0.15, -0.1) is 0 Å². The summed E-state index contributed by atoms with van der Waals surface area (Å²) < 4.78 is 0. The molecule has 1 aliphatic heterocycles. The number of benzene rings is 1. The predicted molar refractivity (Wildman–Crippen MR) is 55.6 cm³/mol. The topological polar surface area (TPSA) is 83.6 Å². The Morgan fingerprint density at radius 2 is 1.56 bits per heavy atom. The fourth-order valence-electron chi connectivity index (χ4n) is 2.23. The van der Waals surface area contributed by atoms with Crippen molar-refractivity contribution >= 4 is 17.5 Å². The lowest BCUT2D eigenvalue weighted by molar-refractivity contribution is -0.123. The third kappa shape index (κ3) is 1.03. The molecule has 1 aromatic carbocycles. The van der Waals surface area contributed by atoms with E-state index in [1.54, 1.807) is 12.1 Å². The van der Waals surface area contributed by atoms with Crippen molar-refractivity contribution in [1.29, 1.82) is 0 Å². The van der Waals surface area contributed by atoms with Crippen molar-refractivity contribution in [3.05, 3.63) is 24.3 Å². The van der Waals surface area contributed by atoms with Crippen LogP contribution in [0.4, 0.5) is 5.69 Å². The zero-order valence-electron chi connectivity index (χ0n) is 8.33. The number of hydrogen-bond acceptors (Lipinski definition) is 4. The quantitative estimate of drug-likeness (QED) is 0.641. The van der Waals surface area contributed by atoms with Crippen molar-refractivity contribution in [2.75, 3.05) is 4.90 Å². The van der Waals surface area contributed by atoms with Crippen molar-refractivity contribution in [3.8, 4) is 5.75 Å². The van der Waals surface area contributed by atoms with E-state index in [1.807, 2.05) is 0 Å². The molecular formula is C11H10N2O3. The first-order valence-electron chi connectivity index (χ1n) is 5.03. The molecule has 1 aliphatic carbocycles. The zero-order valence-corrected chi connectivity index (χ0v) is 8.33. The molecule has 3 rings (SSSR count). The van der Waals surface area contributed by atoms with Crippen molar-refractivity contribution in [2.45, 2.75) is 6.04 Å². The Hall–Kier alpha value is -1.88. The maximum atomic E-state index is 11.8. The molecule has 3 N–H and O–H groups in total. The molecular weight excluding hydrogens is 208 g/mol. The lowest BCUT2D eigenvalue weighted by Gasteiger charge is -2.17. The number of carbonyl (C=O) groups excluding carboxylic acids is 2. The highest BCUT2D eigenvalue weighted by Crippen LogP contribution is 2.47. The van der Waals surface area contributed by atoms with E-state index >= 15 is 0 Å². The summed E-state index contributed by atoms with van der Waals surface area (Å²) in [6, 6.07) is 5.68. The second-order valence-corrected chi connectivity index (χ2v) is 4.16. The van der Waals surface area contributed by atoms with Crippen LogP contribution < -0.4 is 10.6 Å². The number of rotatable bonds is 1. The highest BCUT2D eigenvalue weighted by molar-refractivity contribution is 6.25. The Labute approximate surface area is 91.5 Å². The van der Waals surface area contributed by atoms with Crippen LogP contribution in [-0.2, 0) is 9.59 Å². The highest BCUT2D eigenvalue weighted by atomic mass is 16.3. The number of nitrogens with two attached hydrogens (primary N) is 1. The van der Waals surface area contributed by atoms with Gasteiger partial charge < -0.3 is 10.8 Å². The Morgan fingerprint density at radius 3 is 2.06 bits per heavy atom. The van der Waals surface area contributed by atoms with Gasteiger partial charge in [0, 0.05) is 6.04 Å². The molecule has 0 spiro atoms. The van der Waals surface area contributed by atoms with E-state index in [9.17, 15) is 9.59 Å². The number of carbonyl (C=O) groups is 2. The number of nitrogens with zero attached hydrogens (tertiary/aromatic N) is 1. The van der Waals surface area contributed by atoms with Crippen LogP contribution in [0, 0.1) is 11.8 Å². The largest absolute Gasteiger partial charge is 0.508 e. The van der Waals surface area contributed by atoms with Gasteiger partial charge in [-0.2, -0.15) is 0 Å². The molecule has 1 saturated heterocycles. The van der Waals surface area contributed by atoms with E-state index in [0.717, 1.165) is 4.90 Å². The monoisotopic (exact) mass is 218 g/mol. The summed E-state index contributed by atoms with van der Waals surface area (Å²) in [5.74, 6) is -1.02. The summed E-state index contributed by atoms with van der Waals surface area (Å²) in [4.78, 5) is 24.8. The van der Waals surface area contributed by atoms with E-state index in [1.165, 1.54) is 12.1 Å². The summed E-state index contributed by atoms with van der Waals surface area (Å²) in [6.07, 6.45) is 0. The molecule has 82 valence electrons. The smallest absolute Gasteiger partial charge is 0.239 e. The van der Waals surface area contributed by atoms with Crippen LogP contribution >= 0.6 is 0 Å². The molecule has 2 amide bonds.